The number of carbonyl (C=O) groups is 2. The second kappa shape index (κ2) is 6.52. The van der Waals surface area contributed by atoms with Crippen LogP contribution >= 0.6 is 0 Å². The Labute approximate surface area is 125 Å². The molecule has 0 spiro atoms. The summed E-state index contributed by atoms with van der Waals surface area (Å²) in [5.74, 6) is -1.13. The highest BCUT2D eigenvalue weighted by atomic mass is 16.6. The molecule has 1 saturated heterocycles. The summed E-state index contributed by atoms with van der Waals surface area (Å²) in [5.41, 5.74) is 4.69. The molecule has 120 valence electrons. The summed E-state index contributed by atoms with van der Waals surface area (Å²) in [5, 5.41) is 0. The van der Waals surface area contributed by atoms with Gasteiger partial charge in [0, 0.05) is 20.3 Å². The first kappa shape index (κ1) is 15.9. The van der Waals surface area contributed by atoms with Gasteiger partial charge in [-0.1, -0.05) is 0 Å². The minimum Gasteiger partial charge on any atom is -0.463 e. The molecule has 0 radical (unpaired) electrons. The standard InChI is InChI=1S/C12H16N4O6/c1-6(17)20-4-9-8(21-7(2)18)3-10(22-9)16-5-14-11(13)15-12(16)19/h5,8-10H,3-4H2,1-2H3,(H2,13,15,19). The predicted molar refractivity (Wildman–Crippen MR) is 71.4 cm³/mol. The first-order chi connectivity index (χ1) is 10.4. The molecule has 0 saturated carbocycles. The fraction of sp³-hybridized carbons (Fsp3) is 0.583. The van der Waals surface area contributed by atoms with Gasteiger partial charge in [0.2, 0.25) is 5.95 Å². The lowest BCUT2D eigenvalue weighted by Crippen LogP contribution is -2.31. The van der Waals surface area contributed by atoms with Crippen molar-refractivity contribution in [3.8, 4) is 0 Å². The number of nitrogen functional groups attached to an aromatic ring is 1. The number of nitrogens with zero attached hydrogens (tertiary/aromatic N) is 3. The summed E-state index contributed by atoms with van der Waals surface area (Å²) in [6.45, 7) is 2.43. The van der Waals surface area contributed by atoms with Crippen molar-refractivity contribution in [3.63, 3.8) is 0 Å². The Hall–Kier alpha value is -2.49. The summed E-state index contributed by atoms with van der Waals surface area (Å²) in [7, 11) is 0. The third-order valence-electron chi connectivity index (χ3n) is 3.00. The number of anilines is 1. The summed E-state index contributed by atoms with van der Waals surface area (Å²) >= 11 is 0. The fourth-order valence-electron chi connectivity index (χ4n) is 2.11. The second-order valence-corrected chi connectivity index (χ2v) is 4.72. The third kappa shape index (κ3) is 3.79. The molecule has 1 fully saturated rings. The van der Waals surface area contributed by atoms with Crippen LogP contribution in [0.15, 0.2) is 11.1 Å². The average molecular weight is 312 g/mol. The molecule has 2 N–H and O–H groups in total. The number of hydrogen-bond donors (Lipinski definition) is 1. The number of ether oxygens (including phenoxy) is 3. The minimum atomic E-state index is -0.738. The van der Waals surface area contributed by atoms with E-state index in [0.29, 0.717) is 0 Å². The van der Waals surface area contributed by atoms with E-state index in [-0.39, 0.29) is 19.0 Å². The van der Waals surface area contributed by atoms with Crippen molar-refractivity contribution in [1.82, 2.24) is 14.5 Å². The summed E-state index contributed by atoms with van der Waals surface area (Å²) < 4.78 is 16.8. The molecule has 10 heteroatoms. The van der Waals surface area contributed by atoms with Gasteiger partial charge in [-0.15, -0.1) is 0 Å². The number of esters is 2. The smallest absolute Gasteiger partial charge is 0.354 e. The summed E-state index contributed by atoms with van der Waals surface area (Å²) in [6.07, 6.45) is -0.654. The van der Waals surface area contributed by atoms with Crippen LogP contribution in [0.25, 0.3) is 0 Å². The van der Waals surface area contributed by atoms with Crippen molar-refractivity contribution in [2.45, 2.75) is 38.7 Å². The van der Waals surface area contributed by atoms with E-state index in [9.17, 15) is 14.4 Å². The molecule has 2 heterocycles. The number of hydrogen-bond acceptors (Lipinski definition) is 9. The van der Waals surface area contributed by atoms with Crippen molar-refractivity contribution in [2.75, 3.05) is 12.3 Å². The lowest BCUT2D eigenvalue weighted by Gasteiger charge is -2.17. The maximum atomic E-state index is 11.8. The quantitative estimate of drug-likeness (QED) is 0.694. The highest BCUT2D eigenvalue weighted by Gasteiger charge is 2.39. The van der Waals surface area contributed by atoms with Gasteiger partial charge >= 0.3 is 17.6 Å². The van der Waals surface area contributed by atoms with Crippen molar-refractivity contribution in [1.29, 1.82) is 0 Å². The molecule has 2 rings (SSSR count). The molecule has 10 nitrogen and oxygen atoms in total. The van der Waals surface area contributed by atoms with Gasteiger partial charge in [0.25, 0.3) is 0 Å². The maximum Gasteiger partial charge on any atom is 0.354 e. The molecule has 0 bridgehead atoms. The van der Waals surface area contributed by atoms with Crippen LogP contribution in [-0.4, -0.2) is 45.3 Å². The second-order valence-electron chi connectivity index (χ2n) is 4.72. The molecule has 1 aliphatic heterocycles. The Kier molecular flexibility index (Phi) is 4.71. The predicted octanol–water partition coefficient (Wildman–Crippen LogP) is -0.997. The van der Waals surface area contributed by atoms with Gasteiger partial charge in [-0.05, 0) is 0 Å². The third-order valence-corrected chi connectivity index (χ3v) is 3.00. The zero-order valence-corrected chi connectivity index (χ0v) is 12.1. The van der Waals surface area contributed by atoms with Crippen LogP contribution in [-0.2, 0) is 23.8 Å². The van der Waals surface area contributed by atoms with Gasteiger partial charge in [-0.2, -0.15) is 4.98 Å². The number of nitrogens with two attached hydrogens (primary N) is 1. The van der Waals surface area contributed by atoms with Gasteiger partial charge in [-0.25, -0.2) is 9.78 Å². The van der Waals surface area contributed by atoms with E-state index in [1.807, 2.05) is 0 Å². The Bertz CT molecular complexity index is 630. The van der Waals surface area contributed by atoms with Crippen LogP contribution in [0, 0.1) is 0 Å². The maximum absolute atomic E-state index is 11.8. The Morgan fingerprint density at radius 3 is 2.77 bits per heavy atom. The van der Waals surface area contributed by atoms with Gasteiger partial charge in [0.15, 0.2) is 0 Å². The molecule has 0 aromatic carbocycles. The van der Waals surface area contributed by atoms with Crippen LogP contribution in [0.3, 0.4) is 0 Å². The van der Waals surface area contributed by atoms with E-state index < -0.39 is 36.1 Å². The molecule has 1 aromatic rings. The van der Waals surface area contributed by atoms with Crippen molar-refractivity contribution in [3.05, 3.63) is 16.8 Å². The SMILES string of the molecule is CC(=O)OCC1OC(n2cnc(N)nc2=O)CC1OC(C)=O. The fourth-order valence-corrected chi connectivity index (χ4v) is 2.11. The number of carbonyl (C=O) groups excluding carboxylic acids is 2. The van der Waals surface area contributed by atoms with Gasteiger partial charge in [0.05, 0.1) is 0 Å². The minimum absolute atomic E-state index is 0.0889. The molecule has 3 unspecified atom stereocenters. The Morgan fingerprint density at radius 2 is 2.18 bits per heavy atom. The summed E-state index contributed by atoms with van der Waals surface area (Å²) in [6, 6.07) is 0. The lowest BCUT2D eigenvalue weighted by molar-refractivity contribution is -0.155. The van der Waals surface area contributed by atoms with E-state index in [0.717, 1.165) is 4.57 Å². The van der Waals surface area contributed by atoms with E-state index in [2.05, 4.69) is 9.97 Å². The van der Waals surface area contributed by atoms with Gasteiger partial charge < -0.3 is 19.9 Å². The first-order valence-corrected chi connectivity index (χ1v) is 6.53. The van der Waals surface area contributed by atoms with Crippen LogP contribution in [0.5, 0.6) is 0 Å². The molecule has 22 heavy (non-hydrogen) atoms. The highest BCUT2D eigenvalue weighted by Crippen LogP contribution is 2.30. The van der Waals surface area contributed by atoms with Crippen molar-refractivity contribution in [2.24, 2.45) is 0 Å². The topological polar surface area (TPSA) is 136 Å². The monoisotopic (exact) mass is 312 g/mol. The molecule has 3 atom stereocenters. The highest BCUT2D eigenvalue weighted by molar-refractivity contribution is 5.66. The first-order valence-electron chi connectivity index (χ1n) is 6.53. The largest absolute Gasteiger partial charge is 0.463 e. The Morgan fingerprint density at radius 1 is 1.45 bits per heavy atom. The normalized spacial score (nSPS) is 24.0. The zero-order chi connectivity index (χ0) is 16.3. The van der Waals surface area contributed by atoms with E-state index in [4.69, 9.17) is 19.9 Å². The number of rotatable bonds is 4. The summed E-state index contributed by atoms with van der Waals surface area (Å²) in [4.78, 5) is 41.1. The molecular formula is C12H16N4O6. The molecule has 0 amide bonds. The molecule has 1 aromatic heterocycles. The molecule has 0 aliphatic carbocycles. The van der Waals surface area contributed by atoms with E-state index >= 15 is 0 Å². The van der Waals surface area contributed by atoms with Crippen LogP contribution in [0.1, 0.15) is 26.5 Å². The average Bonchev–Trinajstić information content (AvgIpc) is 2.78. The van der Waals surface area contributed by atoms with Crippen molar-refractivity contribution >= 4 is 17.9 Å². The lowest BCUT2D eigenvalue weighted by atomic mass is 10.2. The zero-order valence-electron chi connectivity index (χ0n) is 12.1. The molecule has 1 aliphatic rings. The van der Waals surface area contributed by atoms with Crippen molar-refractivity contribution < 1.29 is 23.8 Å². The van der Waals surface area contributed by atoms with E-state index in [1.54, 1.807) is 0 Å². The van der Waals surface area contributed by atoms with E-state index in [1.165, 1.54) is 20.2 Å². The number of aromatic nitrogens is 3. The van der Waals surface area contributed by atoms with Crippen LogP contribution in [0.2, 0.25) is 0 Å². The van der Waals surface area contributed by atoms with Crippen LogP contribution < -0.4 is 11.4 Å². The Balaban J connectivity index is 2.15. The van der Waals surface area contributed by atoms with Crippen LogP contribution in [0.4, 0.5) is 5.95 Å². The van der Waals surface area contributed by atoms with Gasteiger partial charge in [-0.3, -0.25) is 14.2 Å². The van der Waals surface area contributed by atoms with Gasteiger partial charge in [0.1, 0.15) is 31.4 Å². The molecular weight excluding hydrogens is 296 g/mol.